The summed E-state index contributed by atoms with van der Waals surface area (Å²) in [7, 11) is 0. The molecule has 1 saturated heterocycles. The number of likely N-dealkylation sites (N-methyl/N-ethyl adjacent to an activating group) is 1. The molecule has 7 nitrogen and oxygen atoms in total. The van der Waals surface area contributed by atoms with E-state index in [-0.39, 0.29) is 5.75 Å². The van der Waals surface area contributed by atoms with Crippen molar-refractivity contribution in [3.63, 3.8) is 0 Å². The van der Waals surface area contributed by atoms with Crippen molar-refractivity contribution in [3.05, 3.63) is 47.9 Å². The van der Waals surface area contributed by atoms with Crippen LogP contribution in [-0.4, -0.2) is 65.2 Å². The minimum absolute atomic E-state index is 0.227. The summed E-state index contributed by atoms with van der Waals surface area (Å²) in [4.78, 5) is 4.40. The summed E-state index contributed by atoms with van der Waals surface area (Å²) in [5.41, 5.74) is 2.95. The minimum atomic E-state index is -0.423. The molecule has 2 aliphatic rings. The summed E-state index contributed by atoms with van der Waals surface area (Å²) in [6, 6.07) is 7.61. The van der Waals surface area contributed by atoms with Crippen LogP contribution >= 0.6 is 0 Å². The predicted octanol–water partition coefficient (Wildman–Crippen LogP) is 2.86. The van der Waals surface area contributed by atoms with Gasteiger partial charge in [-0.15, -0.1) is 10.2 Å². The van der Waals surface area contributed by atoms with Crippen LogP contribution in [0.15, 0.2) is 36.7 Å². The monoisotopic (exact) mass is 396 g/mol. The van der Waals surface area contributed by atoms with E-state index in [1.807, 2.05) is 43.1 Å². The van der Waals surface area contributed by atoms with Crippen LogP contribution in [0.1, 0.15) is 18.1 Å². The third-order valence-corrected chi connectivity index (χ3v) is 5.55. The number of aromatic nitrogens is 2. The maximum atomic E-state index is 10.4. The largest absolute Gasteiger partial charge is 0.507 e. The fourth-order valence-electron chi connectivity index (χ4n) is 4.12. The average molecular weight is 396 g/mol. The number of rotatable bonds is 3. The lowest BCUT2D eigenvalue weighted by Crippen LogP contribution is -2.54. The normalized spacial score (nSPS) is 22.5. The van der Waals surface area contributed by atoms with Gasteiger partial charge in [-0.3, -0.25) is 4.90 Å². The lowest BCUT2D eigenvalue weighted by atomic mass is 10.0. The highest BCUT2D eigenvalue weighted by Gasteiger charge is 2.39. The number of phenolic OH excluding ortho intramolecular Hbond substituents is 1. The molecule has 0 saturated carbocycles. The van der Waals surface area contributed by atoms with Crippen LogP contribution < -0.4 is 4.90 Å². The molecule has 4 rings (SSSR count). The molecule has 3 heterocycles. The zero-order valence-corrected chi connectivity index (χ0v) is 17.3. The Hall–Kier alpha value is -2.64. The van der Waals surface area contributed by atoms with E-state index in [0.717, 1.165) is 48.7 Å². The Labute approximate surface area is 171 Å². The molecule has 1 aromatic heterocycles. The molecule has 0 radical (unpaired) electrons. The number of benzene rings is 1. The number of anilines is 1. The summed E-state index contributed by atoms with van der Waals surface area (Å²) in [5.74, 6) is 0.967. The Bertz CT molecular complexity index is 876. The maximum absolute atomic E-state index is 10.4. The summed E-state index contributed by atoms with van der Waals surface area (Å²) in [6.45, 7) is 10.7. The fourth-order valence-corrected chi connectivity index (χ4v) is 4.12. The van der Waals surface area contributed by atoms with Gasteiger partial charge >= 0.3 is 0 Å². The van der Waals surface area contributed by atoms with Crippen LogP contribution in [0, 0.1) is 13.8 Å². The molecular formula is C22H28N4O3. The van der Waals surface area contributed by atoms with E-state index in [1.165, 1.54) is 0 Å². The van der Waals surface area contributed by atoms with Crippen LogP contribution in [0.4, 0.5) is 5.82 Å². The first-order valence-electron chi connectivity index (χ1n) is 10.1. The second-order valence-corrected chi connectivity index (χ2v) is 7.89. The van der Waals surface area contributed by atoms with Crippen molar-refractivity contribution < 1.29 is 14.6 Å². The first-order valence-corrected chi connectivity index (χ1v) is 10.1. The molecule has 154 valence electrons. The Balaban J connectivity index is 1.57. The van der Waals surface area contributed by atoms with Crippen molar-refractivity contribution in [1.29, 1.82) is 0 Å². The standard InChI is InChI=1S/C22H28N4O3/c1-4-25-7-9-28-15-22(13-25)14-26(8-10-29-22)20-6-5-18(23-24-20)21-17(3)11-16(2)12-19(21)27/h5-6,8,10-12,27H,4,7,9,13-15H2,1-3H3. The number of ether oxygens (including phenoxy) is 2. The first kappa shape index (κ1) is 19.7. The highest BCUT2D eigenvalue weighted by Crippen LogP contribution is 2.33. The molecule has 29 heavy (non-hydrogen) atoms. The molecule has 1 N–H and O–H groups in total. The molecule has 0 bridgehead atoms. The van der Waals surface area contributed by atoms with Gasteiger partial charge < -0.3 is 19.5 Å². The second-order valence-electron chi connectivity index (χ2n) is 7.89. The Morgan fingerprint density at radius 2 is 2.03 bits per heavy atom. The highest BCUT2D eigenvalue weighted by molar-refractivity contribution is 5.71. The lowest BCUT2D eigenvalue weighted by Gasteiger charge is -2.40. The van der Waals surface area contributed by atoms with Gasteiger partial charge in [0.25, 0.3) is 0 Å². The number of nitrogens with zero attached hydrogens (tertiary/aromatic N) is 4. The summed E-state index contributed by atoms with van der Waals surface area (Å²) < 4.78 is 11.9. The smallest absolute Gasteiger partial charge is 0.162 e. The zero-order chi connectivity index (χ0) is 20.4. The molecular weight excluding hydrogens is 368 g/mol. The molecule has 1 fully saturated rings. The van der Waals surface area contributed by atoms with Crippen molar-refractivity contribution in [1.82, 2.24) is 15.1 Å². The van der Waals surface area contributed by atoms with Crippen LogP contribution in [-0.2, 0) is 9.47 Å². The van der Waals surface area contributed by atoms with Gasteiger partial charge in [0, 0.05) is 24.9 Å². The fraction of sp³-hybridized carbons (Fsp3) is 0.455. The van der Waals surface area contributed by atoms with Crippen LogP contribution in [0.2, 0.25) is 0 Å². The Kier molecular flexibility index (Phi) is 5.43. The number of phenols is 1. The molecule has 0 amide bonds. The summed E-state index contributed by atoms with van der Waals surface area (Å²) in [5, 5.41) is 19.2. The predicted molar refractivity (Wildman–Crippen MR) is 112 cm³/mol. The van der Waals surface area contributed by atoms with E-state index in [0.29, 0.717) is 18.8 Å². The number of aromatic hydroxyl groups is 1. The van der Waals surface area contributed by atoms with E-state index in [9.17, 15) is 5.11 Å². The molecule has 1 atom stereocenters. The third kappa shape index (κ3) is 4.06. The first-order chi connectivity index (χ1) is 14.0. The van der Waals surface area contributed by atoms with Crippen LogP contribution in [0.25, 0.3) is 11.3 Å². The molecule has 0 aliphatic carbocycles. The quantitative estimate of drug-likeness (QED) is 0.855. The topological polar surface area (TPSA) is 71.0 Å². The van der Waals surface area contributed by atoms with Crippen molar-refractivity contribution >= 4 is 5.82 Å². The summed E-state index contributed by atoms with van der Waals surface area (Å²) >= 11 is 0. The highest BCUT2D eigenvalue weighted by atomic mass is 16.5. The van der Waals surface area contributed by atoms with Gasteiger partial charge in [0.15, 0.2) is 11.4 Å². The van der Waals surface area contributed by atoms with Gasteiger partial charge in [0.1, 0.15) is 12.0 Å². The minimum Gasteiger partial charge on any atom is -0.507 e. The van der Waals surface area contributed by atoms with E-state index in [4.69, 9.17) is 9.47 Å². The lowest BCUT2D eigenvalue weighted by molar-refractivity contribution is -0.0456. The van der Waals surface area contributed by atoms with E-state index >= 15 is 0 Å². The summed E-state index contributed by atoms with van der Waals surface area (Å²) in [6.07, 6.45) is 3.60. The van der Waals surface area contributed by atoms with Gasteiger partial charge in [0.05, 0.1) is 25.5 Å². The van der Waals surface area contributed by atoms with Crippen molar-refractivity contribution in [3.8, 4) is 17.0 Å². The van der Waals surface area contributed by atoms with Crippen molar-refractivity contribution in [2.75, 3.05) is 44.3 Å². The third-order valence-electron chi connectivity index (χ3n) is 5.55. The van der Waals surface area contributed by atoms with Gasteiger partial charge in [-0.2, -0.15) is 0 Å². The second kappa shape index (κ2) is 8.00. The van der Waals surface area contributed by atoms with E-state index in [2.05, 4.69) is 22.0 Å². The van der Waals surface area contributed by atoms with Crippen molar-refractivity contribution in [2.24, 2.45) is 0 Å². The Morgan fingerprint density at radius 1 is 1.17 bits per heavy atom. The van der Waals surface area contributed by atoms with Crippen LogP contribution in [0.5, 0.6) is 5.75 Å². The van der Waals surface area contributed by atoms with E-state index in [1.54, 1.807) is 12.3 Å². The molecule has 1 unspecified atom stereocenters. The van der Waals surface area contributed by atoms with Gasteiger partial charge in [-0.05, 0) is 49.7 Å². The Morgan fingerprint density at radius 3 is 2.76 bits per heavy atom. The average Bonchev–Trinajstić information content (AvgIpc) is 2.90. The molecule has 1 aromatic carbocycles. The molecule has 2 aliphatic heterocycles. The molecule has 7 heteroatoms. The van der Waals surface area contributed by atoms with E-state index < -0.39 is 5.60 Å². The SMILES string of the molecule is CCN1CCOCC2(C1)CN(c1ccc(-c3c(C)cc(C)cc3O)nn1)C=CO2. The molecule has 1 spiro atoms. The van der Waals surface area contributed by atoms with Gasteiger partial charge in [-0.25, -0.2) is 0 Å². The van der Waals surface area contributed by atoms with Crippen LogP contribution in [0.3, 0.4) is 0 Å². The van der Waals surface area contributed by atoms with Gasteiger partial charge in [0.2, 0.25) is 0 Å². The number of hydrogen-bond acceptors (Lipinski definition) is 7. The van der Waals surface area contributed by atoms with Gasteiger partial charge in [-0.1, -0.05) is 13.0 Å². The maximum Gasteiger partial charge on any atom is 0.162 e. The van der Waals surface area contributed by atoms with Crippen molar-refractivity contribution in [2.45, 2.75) is 26.4 Å². The number of aryl methyl sites for hydroxylation is 2. The zero-order valence-electron chi connectivity index (χ0n) is 17.3. The molecule has 2 aromatic rings. The number of hydrogen-bond donors (Lipinski definition) is 1.